The SMILES string of the molecule is C#C.C/C(CCC(OS(=O)(=O)O)C(C)C)=C1/CCC2C3C(=O)CC4C[C@@H](NCCCNCCCCN)CC[C@]4(C)C3CC[C@]12C. The molecule has 4 saturated carbocycles. The summed E-state index contributed by atoms with van der Waals surface area (Å²) in [4.78, 5) is 14.0. The number of Topliss-reactive ketones (excluding diaryl/α,β-unsaturated/α-hetero) is 1. The number of nitrogens with one attached hydrogen (secondary N) is 2. The van der Waals surface area contributed by atoms with Crippen LogP contribution < -0.4 is 16.4 Å². The van der Waals surface area contributed by atoms with E-state index in [9.17, 15) is 17.8 Å². The van der Waals surface area contributed by atoms with Crippen molar-refractivity contribution in [3.8, 4) is 12.8 Å². The number of terminal acetylenes is 1. The third-order valence-electron chi connectivity index (χ3n) is 12.3. The summed E-state index contributed by atoms with van der Waals surface area (Å²) in [6.45, 7) is 14.8. The molecule has 4 fully saturated rings. The Morgan fingerprint density at radius 3 is 2.44 bits per heavy atom. The lowest BCUT2D eigenvalue weighted by Crippen LogP contribution is -2.57. The van der Waals surface area contributed by atoms with Gasteiger partial charge < -0.3 is 16.4 Å². The van der Waals surface area contributed by atoms with E-state index in [0.717, 1.165) is 90.4 Å². The van der Waals surface area contributed by atoms with Gasteiger partial charge in [-0.1, -0.05) is 38.8 Å². The highest BCUT2D eigenvalue weighted by Crippen LogP contribution is 2.67. The smallest absolute Gasteiger partial charge is 0.330 e. The van der Waals surface area contributed by atoms with Gasteiger partial charge in [0.15, 0.2) is 0 Å². The zero-order chi connectivity index (χ0) is 33.4. The second-order valence-electron chi connectivity index (χ2n) is 15.2. The van der Waals surface area contributed by atoms with E-state index >= 15 is 0 Å². The second kappa shape index (κ2) is 16.7. The van der Waals surface area contributed by atoms with E-state index in [4.69, 9.17) is 9.92 Å². The zero-order valence-corrected chi connectivity index (χ0v) is 29.6. The monoisotopic (exact) mass is 649 g/mol. The number of nitrogens with two attached hydrogens (primary N) is 1. The Morgan fingerprint density at radius 2 is 1.78 bits per heavy atom. The summed E-state index contributed by atoms with van der Waals surface area (Å²) in [5, 5.41) is 7.35. The first-order valence-electron chi connectivity index (χ1n) is 17.6. The molecule has 4 rings (SSSR count). The van der Waals surface area contributed by atoms with E-state index in [1.807, 2.05) is 13.8 Å². The van der Waals surface area contributed by atoms with E-state index < -0.39 is 16.5 Å². The highest BCUT2D eigenvalue weighted by atomic mass is 32.3. The summed E-state index contributed by atoms with van der Waals surface area (Å²) in [7, 11) is -4.48. The minimum Gasteiger partial charge on any atom is -0.330 e. The molecular weight excluding hydrogens is 586 g/mol. The van der Waals surface area contributed by atoms with Crippen molar-refractivity contribution in [2.24, 2.45) is 46.2 Å². The fourth-order valence-corrected chi connectivity index (χ4v) is 10.5. The van der Waals surface area contributed by atoms with Gasteiger partial charge in [0.05, 0.1) is 6.10 Å². The Kier molecular flexibility index (Phi) is 14.2. The quantitative estimate of drug-likeness (QED) is 0.0728. The normalized spacial score (nSPS) is 34.7. The van der Waals surface area contributed by atoms with Crippen LogP contribution in [0.3, 0.4) is 0 Å². The predicted octanol–water partition coefficient (Wildman–Crippen LogP) is 6.08. The maximum Gasteiger partial charge on any atom is 0.397 e. The van der Waals surface area contributed by atoms with Gasteiger partial charge in [-0.25, -0.2) is 4.18 Å². The molecule has 0 radical (unpaired) electrons. The van der Waals surface area contributed by atoms with Gasteiger partial charge >= 0.3 is 10.4 Å². The van der Waals surface area contributed by atoms with Crippen molar-refractivity contribution < 1.29 is 21.9 Å². The number of hydrogen-bond acceptors (Lipinski definition) is 7. The highest BCUT2D eigenvalue weighted by molar-refractivity contribution is 7.80. The lowest BCUT2D eigenvalue weighted by Gasteiger charge is -2.60. The first-order valence-corrected chi connectivity index (χ1v) is 19.0. The van der Waals surface area contributed by atoms with Crippen molar-refractivity contribution in [1.82, 2.24) is 10.6 Å². The van der Waals surface area contributed by atoms with Crippen molar-refractivity contribution in [3.05, 3.63) is 11.1 Å². The Morgan fingerprint density at radius 1 is 1.07 bits per heavy atom. The van der Waals surface area contributed by atoms with Crippen LogP contribution in [0.4, 0.5) is 0 Å². The molecule has 0 amide bonds. The van der Waals surface area contributed by atoms with Crippen molar-refractivity contribution in [1.29, 1.82) is 0 Å². The third-order valence-corrected chi connectivity index (χ3v) is 12.8. The van der Waals surface area contributed by atoms with Crippen LogP contribution >= 0.6 is 0 Å². The Hall–Kier alpha value is -1.28. The van der Waals surface area contributed by atoms with Crippen LogP contribution in [0.1, 0.15) is 118 Å². The third kappa shape index (κ3) is 9.21. The number of ketones is 1. The molecule has 0 heterocycles. The summed E-state index contributed by atoms with van der Waals surface area (Å²) in [5.41, 5.74) is 8.68. The minimum atomic E-state index is -4.48. The predicted molar refractivity (Wildman–Crippen MR) is 183 cm³/mol. The molecule has 0 aromatic rings. The molecule has 0 bridgehead atoms. The van der Waals surface area contributed by atoms with Gasteiger partial charge in [0.1, 0.15) is 5.78 Å². The standard InChI is InChI=1S/C34H61N3O5S.C2H2/c1-23(2)31(42-43(39,40)41)12-9-24(3)27-10-11-28-32-29(14-16-34(27,28)5)33(4)15-13-26(21-25(33)22-30(32)38)37-20-8-19-36-18-7-6-17-35;1-2/h23,25-26,28-29,31-32,36-37H,6-22,35H2,1-5H3,(H,39,40,41);1-2H/b27-24+;/t25?,26-,28?,29?,31?,32?,33-,34+;/m0./s1. The molecule has 5 N–H and O–H groups in total. The Labute approximate surface area is 274 Å². The second-order valence-corrected chi connectivity index (χ2v) is 16.3. The number of rotatable bonds is 15. The fourth-order valence-electron chi connectivity index (χ4n) is 9.83. The largest absolute Gasteiger partial charge is 0.397 e. The van der Waals surface area contributed by atoms with Gasteiger partial charge in [-0.2, -0.15) is 8.42 Å². The maximum absolute atomic E-state index is 14.0. The Balaban J connectivity index is 0.00000271. The van der Waals surface area contributed by atoms with Gasteiger partial charge in [-0.15, -0.1) is 12.8 Å². The number of hydrogen-bond donors (Lipinski definition) is 4. The molecule has 4 aliphatic carbocycles. The average molecular weight is 650 g/mol. The molecule has 0 aromatic carbocycles. The van der Waals surface area contributed by atoms with E-state index in [-0.39, 0.29) is 22.7 Å². The number of carbonyl (C=O) groups is 1. The van der Waals surface area contributed by atoms with Crippen LogP contribution in [0, 0.1) is 53.3 Å². The number of carbonyl (C=O) groups excluding carboxylic acids is 1. The van der Waals surface area contributed by atoms with Crippen molar-refractivity contribution in [2.75, 3.05) is 26.2 Å². The van der Waals surface area contributed by atoms with Gasteiger partial charge in [-0.3, -0.25) is 9.35 Å². The molecule has 0 spiro atoms. The summed E-state index contributed by atoms with van der Waals surface area (Å²) in [6, 6.07) is 0.525. The molecule has 0 aliphatic heterocycles. The van der Waals surface area contributed by atoms with Crippen molar-refractivity contribution >= 4 is 16.2 Å². The van der Waals surface area contributed by atoms with E-state index in [2.05, 4.69) is 44.3 Å². The number of allylic oxidation sites excluding steroid dienone is 2. The van der Waals surface area contributed by atoms with Crippen molar-refractivity contribution in [3.63, 3.8) is 0 Å². The molecule has 8 atom stereocenters. The summed E-state index contributed by atoms with van der Waals surface area (Å²) in [6.07, 6.45) is 20.8. The van der Waals surface area contributed by atoms with Gasteiger partial charge in [-0.05, 0) is 145 Å². The molecule has 4 aliphatic rings. The van der Waals surface area contributed by atoms with E-state index in [0.29, 0.717) is 36.0 Å². The molecule has 258 valence electrons. The van der Waals surface area contributed by atoms with Crippen LogP contribution in [0.15, 0.2) is 11.1 Å². The summed E-state index contributed by atoms with van der Waals surface area (Å²) < 4.78 is 37.0. The van der Waals surface area contributed by atoms with Gasteiger partial charge in [0.25, 0.3) is 0 Å². The first kappa shape index (κ1) is 38.2. The molecule has 5 unspecified atom stereocenters. The molecular formula is C36H63N3O5S. The van der Waals surface area contributed by atoms with Crippen LogP contribution in [0.2, 0.25) is 0 Å². The molecule has 0 saturated heterocycles. The number of unbranched alkanes of at least 4 members (excludes halogenated alkanes) is 1. The van der Waals surface area contributed by atoms with Crippen LogP contribution in [-0.4, -0.2) is 57.1 Å². The fraction of sp³-hybridized carbons (Fsp3) is 0.861. The highest BCUT2D eigenvalue weighted by Gasteiger charge is 2.61. The molecule has 0 aromatic heterocycles. The average Bonchev–Trinajstić information content (AvgIpc) is 3.34. The lowest BCUT2D eigenvalue weighted by molar-refractivity contribution is -0.153. The topological polar surface area (TPSA) is 131 Å². The van der Waals surface area contributed by atoms with Crippen LogP contribution in [-0.2, 0) is 19.4 Å². The summed E-state index contributed by atoms with van der Waals surface area (Å²) >= 11 is 0. The minimum absolute atomic E-state index is 0.0190. The molecule has 45 heavy (non-hydrogen) atoms. The van der Waals surface area contributed by atoms with E-state index in [1.165, 1.54) is 24.0 Å². The van der Waals surface area contributed by atoms with Crippen LogP contribution in [0.5, 0.6) is 0 Å². The van der Waals surface area contributed by atoms with Crippen molar-refractivity contribution in [2.45, 2.75) is 130 Å². The van der Waals surface area contributed by atoms with E-state index in [1.54, 1.807) is 0 Å². The molecule has 8 nitrogen and oxygen atoms in total. The number of fused-ring (bicyclic) bond motifs is 5. The van der Waals surface area contributed by atoms with Gasteiger partial charge in [0.2, 0.25) is 0 Å². The van der Waals surface area contributed by atoms with Gasteiger partial charge in [0, 0.05) is 18.4 Å². The first-order chi connectivity index (χ1) is 21.3. The lowest BCUT2D eigenvalue weighted by atomic mass is 9.44. The Bertz CT molecular complexity index is 1140. The summed E-state index contributed by atoms with van der Waals surface area (Å²) in [5.74, 6) is 2.06. The molecule has 9 heteroatoms. The maximum atomic E-state index is 14.0. The zero-order valence-electron chi connectivity index (χ0n) is 28.8. The van der Waals surface area contributed by atoms with Crippen LogP contribution in [0.25, 0.3) is 0 Å².